The standard InChI is InChI=1S/C26H33N5O4/c1-25(2,24(33)34)31-19(32)13-15-5-7-16(8-6-15)17-9-11-18(12-10-17)21-26(3,4)35-23-20(30-21)22(27)28-14-29-23/h9-12,14-16H,5-8,13H2,1-4H3,(H,31,32)(H,33,34)(H2,27,28,29)/t15-,16-. The van der Waals surface area contributed by atoms with E-state index in [1.54, 1.807) is 0 Å². The Hall–Kier alpha value is -3.49. The van der Waals surface area contributed by atoms with Gasteiger partial charge >= 0.3 is 5.97 Å². The number of hydrogen-bond donors (Lipinski definition) is 3. The van der Waals surface area contributed by atoms with Gasteiger partial charge in [-0.3, -0.25) is 4.79 Å². The Kier molecular flexibility index (Phi) is 6.53. The van der Waals surface area contributed by atoms with Crippen LogP contribution in [0.15, 0.2) is 35.6 Å². The number of nitrogens with zero attached hydrogens (tertiary/aromatic N) is 3. The maximum Gasteiger partial charge on any atom is 0.328 e. The monoisotopic (exact) mass is 479 g/mol. The molecule has 1 aromatic heterocycles. The summed E-state index contributed by atoms with van der Waals surface area (Å²) >= 11 is 0. The Labute approximate surface area is 205 Å². The number of aromatic nitrogens is 2. The number of nitrogen functional groups attached to an aromatic ring is 1. The maximum atomic E-state index is 12.3. The Morgan fingerprint density at radius 3 is 2.43 bits per heavy atom. The van der Waals surface area contributed by atoms with Gasteiger partial charge in [0.15, 0.2) is 11.5 Å². The van der Waals surface area contributed by atoms with Crippen LogP contribution >= 0.6 is 0 Å². The molecule has 0 unspecified atom stereocenters. The van der Waals surface area contributed by atoms with E-state index in [4.69, 9.17) is 15.5 Å². The summed E-state index contributed by atoms with van der Waals surface area (Å²) in [5, 5.41) is 11.8. The van der Waals surface area contributed by atoms with Gasteiger partial charge in [0.1, 0.15) is 17.5 Å². The van der Waals surface area contributed by atoms with Crippen LogP contribution in [0.4, 0.5) is 11.5 Å². The number of anilines is 1. The van der Waals surface area contributed by atoms with Crippen molar-refractivity contribution in [2.45, 2.75) is 76.9 Å². The van der Waals surface area contributed by atoms with Crippen LogP contribution in [0.3, 0.4) is 0 Å². The highest BCUT2D eigenvalue weighted by atomic mass is 16.5. The summed E-state index contributed by atoms with van der Waals surface area (Å²) in [6.07, 6.45) is 5.61. The fourth-order valence-corrected chi connectivity index (χ4v) is 4.83. The minimum atomic E-state index is -1.25. The highest BCUT2D eigenvalue weighted by Crippen LogP contribution is 2.40. The number of carbonyl (C=O) groups excluding carboxylic acids is 1. The average molecular weight is 480 g/mol. The first-order valence-corrected chi connectivity index (χ1v) is 12.0. The van der Waals surface area contributed by atoms with E-state index in [0.29, 0.717) is 23.9 Å². The third-order valence-electron chi connectivity index (χ3n) is 6.93. The largest absolute Gasteiger partial charge is 0.480 e. The van der Waals surface area contributed by atoms with Gasteiger partial charge in [0.2, 0.25) is 11.8 Å². The molecule has 1 aliphatic carbocycles. The minimum Gasteiger partial charge on any atom is -0.480 e. The van der Waals surface area contributed by atoms with Crippen LogP contribution in [0.5, 0.6) is 5.88 Å². The molecule has 0 spiro atoms. The van der Waals surface area contributed by atoms with Crippen molar-refractivity contribution in [3.8, 4) is 5.88 Å². The smallest absolute Gasteiger partial charge is 0.328 e. The normalized spacial score (nSPS) is 21.3. The number of fused-ring (bicyclic) bond motifs is 1. The van der Waals surface area contributed by atoms with E-state index in [1.165, 1.54) is 25.7 Å². The molecular formula is C26H33N5O4. The van der Waals surface area contributed by atoms with Gasteiger partial charge in [-0.2, -0.15) is 4.98 Å². The number of carboxylic acids is 1. The molecule has 1 saturated carbocycles. The summed E-state index contributed by atoms with van der Waals surface area (Å²) in [6, 6.07) is 8.41. The lowest BCUT2D eigenvalue weighted by molar-refractivity contribution is -0.146. The quantitative estimate of drug-likeness (QED) is 0.569. The van der Waals surface area contributed by atoms with Crippen molar-refractivity contribution < 1.29 is 19.4 Å². The van der Waals surface area contributed by atoms with Gasteiger partial charge in [0, 0.05) is 12.0 Å². The van der Waals surface area contributed by atoms with Gasteiger partial charge < -0.3 is 20.9 Å². The van der Waals surface area contributed by atoms with Crippen molar-refractivity contribution in [3.05, 3.63) is 41.7 Å². The molecule has 2 aromatic rings. The van der Waals surface area contributed by atoms with E-state index in [1.807, 2.05) is 13.8 Å². The number of hydrogen-bond acceptors (Lipinski definition) is 7. The number of amides is 1. The van der Waals surface area contributed by atoms with Crippen molar-refractivity contribution in [2.75, 3.05) is 5.73 Å². The van der Waals surface area contributed by atoms with E-state index in [0.717, 1.165) is 37.0 Å². The molecule has 35 heavy (non-hydrogen) atoms. The van der Waals surface area contributed by atoms with E-state index in [-0.39, 0.29) is 17.6 Å². The fraction of sp³-hybridized carbons (Fsp3) is 0.500. The molecule has 2 heterocycles. The summed E-state index contributed by atoms with van der Waals surface area (Å²) in [4.78, 5) is 36.5. The summed E-state index contributed by atoms with van der Waals surface area (Å²) in [7, 11) is 0. The van der Waals surface area contributed by atoms with Gasteiger partial charge in [-0.25, -0.2) is 14.8 Å². The molecule has 1 aliphatic heterocycles. The molecule has 9 nitrogen and oxygen atoms in total. The lowest BCUT2D eigenvalue weighted by atomic mass is 9.77. The van der Waals surface area contributed by atoms with Crippen LogP contribution in [0.1, 0.15) is 76.8 Å². The molecule has 0 radical (unpaired) electrons. The highest BCUT2D eigenvalue weighted by Gasteiger charge is 2.35. The van der Waals surface area contributed by atoms with E-state index < -0.39 is 17.1 Å². The van der Waals surface area contributed by atoms with Gasteiger partial charge in [0.25, 0.3) is 0 Å². The van der Waals surface area contributed by atoms with Crippen LogP contribution in [-0.4, -0.2) is 43.8 Å². The Morgan fingerprint density at radius 2 is 1.80 bits per heavy atom. The Bertz CT molecular complexity index is 1150. The molecule has 0 saturated heterocycles. The van der Waals surface area contributed by atoms with Crippen molar-refractivity contribution in [1.29, 1.82) is 0 Å². The summed E-state index contributed by atoms with van der Waals surface area (Å²) in [5.74, 6) is 0.152. The fourth-order valence-electron chi connectivity index (χ4n) is 4.83. The molecule has 2 aliphatic rings. The number of aliphatic imine (C=N–C) groups is 1. The molecule has 0 bridgehead atoms. The van der Waals surface area contributed by atoms with Crippen LogP contribution in [0.25, 0.3) is 0 Å². The molecule has 9 heteroatoms. The number of aliphatic carboxylic acids is 1. The SMILES string of the molecule is CC(C)(NC(=O)C[C@H]1CC[C@H](c2ccc(C3=Nc4c(N)ncnc4OC3(C)C)cc2)CC1)C(=O)O. The zero-order valence-electron chi connectivity index (χ0n) is 20.7. The van der Waals surface area contributed by atoms with Crippen molar-refractivity contribution in [3.63, 3.8) is 0 Å². The maximum absolute atomic E-state index is 12.3. The second-order valence-electron chi connectivity index (χ2n) is 10.5. The second-order valence-corrected chi connectivity index (χ2v) is 10.5. The van der Waals surface area contributed by atoms with Gasteiger partial charge in [-0.15, -0.1) is 0 Å². The van der Waals surface area contributed by atoms with E-state index in [9.17, 15) is 14.7 Å². The molecule has 1 amide bonds. The minimum absolute atomic E-state index is 0.198. The molecule has 1 fully saturated rings. The predicted molar refractivity (Wildman–Crippen MR) is 133 cm³/mol. The van der Waals surface area contributed by atoms with E-state index >= 15 is 0 Å². The summed E-state index contributed by atoms with van der Waals surface area (Å²) in [6.45, 7) is 6.91. The zero-order chi connectivity index (χ0) is 25.4. The van der Waals surface area contributed by atoms with Crippen molar-refractivity contribution >= 4 is 29.1 Å². The first kappa shape index (κ1) is 24.6. The highest BCUT2D eigenvalue weighted by molar-refractivity contribution is 6.09. The lowest BCUT2D eigenvalue weighted by Gasteiger charge is -2.32. The number of carbonyl (C=O) groups is 2. The Balaban J connectivity index is 1.39. The van der Waals surface area contributed by atoms with Crippen molar-refractivity contribution in [1.82, 2.24) is 15.3 Å². The van der Waals surface area contributed by atoms with Gasteiger partial charge in [-0.1, -0.05) is 24.3 Å². The molecule has 4 rings (SSSR count). The number of benzene rings is 1. The van der Waals surface area contributed by atoms with Gasteiger partial charge in [-0.05, 0) is 70.8 Å². The molecule has 4 N–H and O–H groups in total. The summed E-state index contributed by atoms with van der Waals surface area (Å²) < 4.78 is 6.07. The topological polar surface area (TPSA) is 140 Å². The Morgan fingerprint density at radius 1 is 1.14 bits per heavy atom. The van der Waals surface area contributed by atoms with Gasteiger partial charge in [0.05, 0.1) is 5.71 Å². The first-order valence-electron chi connectivity index (χ1n) is 12.0. The number of nitrogens with one attached hydrogen (secondary N) is 1. The predicted octanol–water partition coefficient (Wildman–Crippen LogP) is 3.99. The number of ether oxygens (including phenoxy) is 1. The van der Waals surface area contributed by atoms with Crippen LogP contribution in [0, 0.1) is 5.92 Å². The number of rotatable bonds is 6. The third kappa shape index (κ3) is 5.28. The zero-order valence-corrected chi connectivity index (χ0v) is 20.7. The van der Waals surface area contributed by atoms with Crippen LogP contribution < -0.4 is 15.8 Å². The average Bonchev–Trinajstić information content (AvgIpc) is 2.78. The van der Waals surface area contributed by atoms with Crippen molar-refractivity contribution in [2.24, 2.45) is 10.9 Å². The summed E-state index contributed by atoms with van der Waals surface area (Å²) in [5.41, 5.74) is 7.53. The van der Waals surface area contributed by atoms with Crippen LogP contribution in [-0.2, 0) is 9.59 Å². The first-order chi connectivity index (χ1) is 16.5. The lowest BCUT2D eigenvalue weighted by Crippen LogP contribution is -2.50. The van der Waals surface area contributed by atoms with Crippen LogP contribution in [0.2, 0.25) is 0 Å². The molecular weight excluding hydrogens is 446 g/mol. The van der Waals surface area contributed by atoms with E-state index in [2.05, 4.69) is 39.6 Å². The molecule has 1 aromatic carbocycles. The second kappa shape index (κ2) is 9.28. The number of nitrogens with two attached hydrogens (primary N) is 1. The molecule has 0 atom stereocenters. The molecule has 186 valence electrons. The number of carboxylic acid groups (broad SMARTS) is 1. The third-order valence-corrected chi connectivity index (χ3v) is 6.93.